The molecule has 4 nitrogen and oxygen atoms in total. The molecule has 0 aliphatic rings. The zero-order chi connectivity index (χ0) is 14.8. The minimum Gasteiger partial charge on any atom is -0.404 e. The van der Waals surface area contributed by atoms with Crippen LogP contribution in [0.3, 0.4) is 0 Å². The van der Waals surface area contributed by atoms with Crippen molar-refractivity contribution in [3.8, 4) is 5.75 Å². The lowest BCUT2D eigenvalue weighted by atomic mass is 10.0. The second kappa shape index (κ2) is 9.17. The number of benzene rings is 1. The molecule has 0 bridgehead atoms. The molecule has 0 spiro atoms. The van der Waals surface area contributed by atoms with Crippen molar-refractivity contribution >= 4 is 7.82 Å². The van der Waals surface area contributed by atoms with Gasteiger partial charge in [0.25, 0.3) is 0 Å². The fourth-order valence-corrected chi connectivity index (χ4v) is 2.56. The maximum absolute atomic E-state index is 11.5. The third-order valence-corrected chi connectivity index (χ3v) is 4.11. The third kappa shape index (κ3) is 6.56. The number of unbranched alkanes of at least 4 members (excludes halogenated alkanes) is 5. The van der Waals surface area contributed by atoms with Crippen molar-refractivity contribution in [2.45, 2.75) is 51.9 Å². The Balaban J connectivity index is 2.47. The Hall–Kier alpha value is -0.830. The summed E-state index contributed by atoms with van der Waals surface area (Å²) in [7, 11) is -2.81. The lowest BCUT2D eigenvalue weighted by molar-refractivity contribution is 0.242. The van der Waals surface area contributed by atoms with Gasteiger partial charge in [0.1, 0.15) is 5.75 Å². The fraction of sp³-hybridized carbons (Fsp3) is 0.600. The van der Waals surface area contributed by atoms with Gasteiger partial charge < -0.3 is 4.52 Å². The van der Waals surface area contributed by atoms with Crippen molar-refractivity contribution in [2.75, 3.05) is 7.11 Å². The average molecular weight is 300 g/mol. The number of rotatable bonds is 10. The van der Waals surface area contributed by atoms with Crippen molar-refractivity contribution < 1.29 is 18.5 Å². The van der Waals surface area contributed by atoms with Crippen LogP contribution in [-0.4, -0.2) is 12.0 Å². The van der Waals surface area contributed by atoms with Crippen LogP contribution in [0.1, 0.15) is 51.0 Å². The first-order valence-corrected chi connectivity index (χ1v) is 8.74. The van der Waals surface area contributed by atoms with E-state index in [9.17, 15) is 9.46 Å². The molecule has 0 saturated carbocycles. The van der Waals surface area contributed by atoms with E-state index in [4.69, 9.17) is 4.52 Å². The summed E-state index contributed by atoms with van der Waals surface area (Å²) in [6.07, 6.45) is 8.16. The molecule has 0 aromatic heterocycles. The highest BCUT2D eigenvalue weighted by molar-refractivity contribution is 7.47. The fourth-order valence-electron chi connectivity index (χ4n) is 2.06. The summed E-state index contributed by atoms with van der Waals surface area (Å²) in [5.74, 6) is 0.439. The third-order valence-electron chi connectivity index (χ3n) is 3.22. The van der Waals surface area contributed by atoms with Gasteiger partial charge in [-0.2, -0.15) is 0 Å². The minimum absolute atomic E-state index is 0.439. The van der Waals surface area contributed by atoms with Gasteiger partial charge in [0.2, 0.25) is 0 Å². The SMILES string of the molecule is CCCCCCCCc1ccccc1OP(=O)(O)OC. The standard InChI is InChI=1S/C15H25O4P/c1-3-4-5-6-7-8-11-14-12-9-10-13-15(14)19-20(16,17)18-2/h9-10,12-13H,3-8,11H2,1-2H3,(H,16,17). The van der Waals surface area contributed by atoms with E-state index in [2.05, 4.69) is 11.4 Å². The molecule has 1 rings (SSSR count). The predicted octanol–water partition coefficient (Wildman–Crippen LogP) is 4.72. The summed E-state index contributed by atoms with van der Waals surface area (Å²) in [6, 6.07) is 7.33. The van der Waals surface area contributed by atoms with E-state index >= 15 is 0 Å². The Morgan fingerprint density at radius 3 is 2.45 bits per heavy atom. The Bertz CT molecular complexity index is 434. The predicted molar refractivity (Wildman–Crippen MR) is 81.0 cm³/mol. The van der Waals surface area contributed by atoms with Gasteiger partial charge in [-0.05, 0) is 24.5 Å². The zero-order valence-corrected chi connectivity index (χ0v) is 13.3. The maximum atomic E-state index is 11.5. The monoisotopic (exact) mass is 300 g/mol. The molecule has 0 saturated heterocycles. The van der Waals surface area contributed by atoms with Crippen LogP contribution in [0.15, 0.2) is 24.3 Å². The Morgan fingerprint density at radius 2 is 1.75 bits per heavy atom. The van der Waals surface area contributed by atoms with Crippen LogP contribution < -0.4 is 4.52 Å². The van der Waals surface area contributed by atoms with Crippen LogP contribution >= 0.6 is 7.82 Å². The molecular weight excluding hydrogens is 275 g/mol. The molecule has 0 fully saturated rings. The number of hydrogen-bond donors (Lipinski definition) is 1. The molecule has 0 aliphatic heterocycles. The molecule has 1 aromatic rings. The highest BCUT2D eigenvalue weighted by Gasteiger charge is 2.21. The van der Waals surface area contributed by atoms with Gasteiger partial charge in [-0.1, -0.05) is 57.2 Å². The molecule has 114 valence electrons. The molecule has 0 aliphatic carbocycles. The number of aryl methyl sites for hydroxylation is 1. The molecule has 1 aromatic carbocycles. The van der Waals surface area contributed by atoms with Crippen molar-refractivity contribution in [3.63, 3.8) is 0 Å². The minimum atomic E-state index is -3.98. The molecule has 0 amide bonds. The Kier molecular flexibility index (Phi) is 7.90. The second-order valence-electron chi connectivity index (χ2n) is 4.87. The van der Waals surface area contributed by atoms with Crippen molar-refractivity contribution in [3.05, 3.63) is 29.8 Å². The summed E-state index contributed by atoms with van der Waals surface area (Å²) in [5.41, 5.74) is 0.953. The van der Waals surface area contributed by atoms with E-state index in [0.29, 0.717) is 5.75 Å². The first kappa shape index (κ1) is 17.2. The van der Waals surface area contributed by atoms with Crippen molar-refractivity contribution in [1.82, 2.24) is 0 Å². The smallest absolute Gasteiger partial charge is 0.404 e. The first-order chi connectivity index (χ1) is 9.59. The van der Waals surface area contributed by atoms with Crippen LogP contribution in [0.4, 0.5) is 0 Å². The van der Waals surface area contributed by atoms with Crippen molar-refractivity contribution in [2.24, 2.45) is 0 Å². The molecule has 20 heavy (non-hydrogen) atoms. The van der Waals surface area contributed by atoms with E-state index in [1.807, 2.05) is 12.1 Å². The topological polar surface area (TPSA) is 55.8 Å². The van der Waals surface area contributed by atoms with Crippen molar-refractivity contribution in [1.29, 1.82) is 0 Å². The van der Waals surface area contributed by atoms with E-state index in [1.54, 1.807) is 12.1 Å². The van der Waals surface area contributed by atoms with Gasteiger partial charge in [-0.25, -0.2) is 4.57 Å². The molecule has 5 heteroatoms. The Morgan fingerprint density at radius 1 is 1.10 bits per heavy atom. The largest absolute Gasteiger partial charge is 0.527 e. The molecular formula is C15H25O4P. The van der Waals surface area contributed by atoms with Crippen LogP contribution in [-0.2, 0) is 15.5 Å². The lowest BCUT2D eigenvalue weighted by Crippen LogP contribution is -1.97. The number of phosphoric ester groups is 1. The van der Waals surface area contributed by atoms with Gasteiger partial charge in [0.15, 0.2) is 0 Å². The summed E-state index contributed by atoms with van der Waals surface area (Å²) >= 11 is 0. The van der Waals surface area contributed by atoms with Crippen LogP contribution in [0.5, 0.6) is 5.75 Å². The molecule has 0 heterocycles. The van der Waals surface area contributed by atoms with Gasteiger partial charge in [0.05, 0.1) is 0 Å². The number of para-hydroxylation sites is 1. The van der Waals surface area contributed by atoms with Crippen LogP contribution in [0.2, 0.25) is 0 Å². The van der Waals surface area contributed by atoms with E-state index in [0.717, 1.165) is 25.5 Å². The van der Waals surface area contributed by atoms with Gasteiger partial charge in [0, 0.05) is 7.11 Å². The quantitative estimate of drug-likeness (QED) is 0.502. The lowest BCUT2D eigenvalue weighted by Gasteiger charge is -2.13. The van der Waals surface area contributed by atoms with E-state index in [-0.39, 0.29) is 0 Å². The second-order valence-corrected chi connectivity index (χ2v) is 6.35. The molecule has 1 unspecified atom stereocenters. The average Bonchev–Trinajstić information content (AvgIpc) is 2.44. The van der Waals surface area contributed by atoms with Crippen LogP contribution in [0.25, 0.3) is 0 Å². The van der Waals surface area contributed by atoms with Gasteiger partial charge >= 0.3 is 7.82 Å². The summed E-state index contributed by atoms with van der Waals surface area (Å²) in [6.45, 7) is 2.20. The molecule has 0 radical (unpaired) electrons. The Labute approximate surface area is 121 Å². The highest BCUT2D eigenvalue weighted by Crippen LogP contribution is 2.43. The van der Waals surface area contributed by atoms with Crippen LogP contribution in [0, 0.1) is 0 Å². The highest BCUT2D eigenvalue weighted by atomic mass is 31.2. The first-order valence-electron chi connectivity index (χ1n) is 7.25. The normalized spacial score (nSPS) is 13.9. The number of phosphoric acid groups is 1. The summed E-state index contributed by atoms with van der Waals surface area (Å²) in [5, 5.41) is 0. The zero-order valence-electron chi connectivity index (χ0n) is 12.4. The molecule has 1 atom stereocenters. The maximum Gasteiger partial charge on any atom is 0.527 e. The summed E-state index contributed by atoms with van der Waals surface area (Å²) < 4.78 is 21.0. The van der Waals surface area contributed by atoms with E-state index < -0.39 is 7.82 Å². The number of hydrogen-bond acceptors (Lipinski definition) is 3. The van der Waals surface area contributed by atoms with Gasteiger partial charge in [-0.15, -0.1) is 0 Å². The summed E-state index contributed by atoms with van der Waals surface area (Å²) in [4.78, 5) is 9.38. The van der Waals surface area contributed by atoms with Gasteiger partial charge in [-0.3, -0.25) is 9.42 Å². The molecule has 1 N–H and O–H groups in total. The van der Waals surface area contributed by atoms with E-state index in [1.165, 1.54) is 32.1 Å².